The minimum Gasteiger partial charge on any atom is -0.457 e. The number of benzene rings is 1. The summed E-state index contributed by atoms with van der Waals surface area (Å²) in [6.07, 6.45) is -0.279. The molecule has 15 heavy (non-hydrogen) atoms. The minimum absolute atomic E-state index is 0.279. The molecule has 0 saturated heterocycles. The molecule has 0 heterocycles. The topological polar surface area (TPSA) is 35.5 Å². The second-order valence-electron chi connectivity index (χ2n) is 3.15. The molecule has 4 heteroatoms. The van der Waals surface area contributed by atoms with Crippen molar-refractivity contribution in [2.24, 2.45) is 0 Å². The van der Waals surface area contributed by atoms with Gasteiger partial charge in [-0.1, -0.05) is 23.7 Å². The van der Waals surface area contributed by atoms with Crippen LogP contribution >= 0.6 is 11.6 Å². The van der Waals surface area contributed by atoms with Crippen LogP contribution in [0.1, 0.15) is 17.3 Å². The Morgan fingerprint density at radius 1 is 1.47 bits per heavy atom. The summed E-state index contributed by atoms with van der Waals surface area (Å²) in [4.78, 5) is 11.6. The molecule has 3 nitrogen and oxygen atoms in total. The van der Waals surface area contributed by atoms with Crippen LogP contribution in [0.2, 0.25) is 5.02 Å². The van der Waals surface area contributed by atoms with E-state index in [4.69, 9.17) is 21.1 Å². The van der Waals surface area contributed by atoms with E-state index in [9.17, 15) is 4.79 Å². The number of rotatable bonds is 4. The Balaban J connectivity index is 2.65. The zero-order valence-electron chi connectivity index (χ0n) is 8.70. The molecular formula is C11H13ClO3. The Morgan fingerprint density at radius 3 is 2.73 bits per heavy atom. The standard InChI is InChI=1S/C11H13ClO3/c1-8(7-14-2)15-11(13)9-5-3-4-6-10(9)12/h3-6,8H,7H2,1-2H3/t8-/m1/s1. The molecule has 1 aromatic rings. The highest BCUT2D eigenvalue weighted by molar-refractivity contribution is 6.33. The van der Waals surface area contributed by atoms with Gasteiger partial charge in [-0.15, -0.1) is 0 Å². The van der Waals surface area contributed by atoms with Gasteiger partial charge in [0.15, 0.2) is 0 Å². The molecule has 0 N–H and O–H groups in total. The SMILES string of the molecule is COC[C@@H](C)OC(=O)c1ccccc1Cl. The van der Waals surface area contributed by atoms with E-state index in [1.165, 1.54) is 0 Å². The van der Waals surface area contributed by atoms with Crippen molar-refractivity contribution in [3.05, 3.63) is 34.9 Å². The van der Waals surface area contributed by atoms with E-state index >= 15 is 0 Å². The van der Waals surface area contributed by atoms with E-state index in [0.717, 1.165) is 0 Å². The predicted molar refractivity (Wildman–Crippen MR) is 58.2 cm³/mol. The van der Waals surface area contributed by atoms with Gasteiger partial charge in [0.25, 0.3) is 0 Å². The summed E-state index contributed by atoms with van der Waals surface area (Å²) in [5.41, 5.74) is 0.377. The van der Waals surface area contributed by atoms with Crippen LogP contribution in [-0.2, 0) is 9.47 Å². The van der Waals surface area contributed by atoms with Crippen LogP contribution in [0, 0.1) is 0 Å². The average Bonchev–Trinajstić information content (AvgIpc) is 2.18. The number of methoxy groups -OCH3 is 1. The summed E-state index contributed by atoms with van der Waals surface area (Å²) < 4.78 is 9.97. The van der Waals surface area contributed by atoms with Crippen LogP contribution in [0.3, 0.4) is 0 Å². The third-order valence-corrected chi connectivity index (χ3v) is 2.13. The average molecular weight is 229 g/mol. The molecule has 0 radical (unpaired) electrons. The molecule has 0 saturated carbocycles. The molecule has 1 rings (SSSR count). The number of esters is 1. The Morgan fingerprint density at radius 2 is 2.13 bits per heavy atom. The first-order valence-corrected chi connectivity index (χ1v) is 4.97. The largest absolute Gasteiger partial charge is 0.457 e. The van der Waals surface area contributed by atoms with Gasteiger partial charge in [0, 0.05) is 7.11 Å². The Hall–Kier alpha value is -1.06. The molecule has 0 fully saturated rings. The van der Waals surface area contributed by atoms with E-state index in [0.29, 0.717) is 17.2 Å². The maximum absolute atomic E-state index is 11.6. The van der Waals surface area contributed by atoms with Crippen molar-refractivity contribution in [1.29, 1.82) is 0 Å². The van der Waals surface area contributed by atoms with Gasteiger partial charge in [-0.25, -0.2) is 4.79 Å². The fraction of sp³-hybridized carbons (Fsp3) is 0.364. The van der Waals surface area contributed by atoms with E-state index < -0.39 is 5.97 Å². The monoisotopic (exact) mass is 228 g/mol. The highest BCUT2D eigenvalue weighted by Crippen LogP contribution is 2.16. The van der Waals surface area contributed by atoms with Gasteiger partial charge in [0.2, 0.25) is 0 Å². The van der Waals surface area contributed by atoms with E-state index in [2.05, 4.69) is 0 Å². The fourth-order valence-corrected chi connectivity index (χ4v) is 1.35. The number of hydrogen-bond acceptors (Lipinski definition) is 3. The van der Waals surface area contributed by atoms with E-state index in [-0.39, 0.29) is 6.10 Å². The van der Waals surface area contributed by atoms with Gasteiger partial charge in [0.05, 0.1) is 17.2 Å². The summed E-state index contributed by atoms with van der Waals surface area (Å²) in [5, 5.41) is 0.395. The maximum atomic E-state index is 11.6. The Bertz CT molecular complexity index is 338. The highest BCUT2D eigenvalue weighted by atomic mass is 35.5. The van der Waals surface area contributed by atoms with Crippen LogP contribution in [0.15, 0.2) is 24.3 Å². The second-order valence-corrected chi connectivity index (χ2v) is 3.56. The van der Waals surface area contributed by atoms with Crippen molar-refractivity contribution in [3.63, 3.8) is 0 Å². The Labute approximate surface area is 93.9 Å². The third kappa shape index (κ3) is 3.53. The summed E-state index contributed by atoms with van der Waals surface area (Å²) >= 11 is 5.85. The molecule has 0 aliphatic heterocycles. The first kappa shape index (κ1) is 12.0. The molecule has 0 unspecified atom stereocenters. The van der Waals surface area contributed by atoms with E-state index in [1.807, 2.05) is 0 Å². The summed E-state index contributed by atoms with van der Waals surface area (Å²) in [5.74, 6) is -0.426. The van der Waals surface area contributed by atoms with E-state index in [1.54, 1.807) is 38.3 Å². The first-order valence-electron chi connectivity index (χ1n) is 4.59. The molecular weight excluding hydrogens is 216 g/mol. The van der Waals surface area contributed by atoms with Crippen molar-refractivity contribution in [3.8, 4) is 0 Å². The second kappa shape index (κ2) is 5.73. The molecule has 0 aromatic heterocycles. The van der Waals surface area contributed by atoms with Gasteiger partial charge < -0.3 is 9.47 Å². The number of halogens is 1. The van der Waals surface area contributed by atoms with Crippen LogP contribution in [0.5, 0.6) is 0 Å². The normalized spacial score (nSPS) is 12.2. The van der Waals surface area contributed by atoms with Gasteiger partial charge in [-0.2, -0.15) is 0 Å². The quantitative estimate of drug-likeness (QED) is 0.743. The third-order valence-electron chi connectivity index (χ3n) is 1.80. The number of ether oxygens (including phenoxy) is 2. The summed E-state index contributed by atoms with van der Waals surface area (Å²) in [6.45, 7) is 2.13. The van der Waals surface area contributed by atoms with Crippen LogP contribution in [0.25, 0.3) is 0 Å². The predicted octanol–water partition coefficient (Wildman–Crippen LogP) is 2.53. The Kier molecular flexibility index (Phi) is 4.59. The molecule has 1 aromatic carbocycles. The van der Waals surface area contributed by atoms with Crippen molar-refractivity contribution < 1.29 is 14.3 Å². The summed E-state index contributed by atoms with van der Waals surface area (Å²) in [7, 11) is 1.56. The van der Waals surface area contributed by atoms with Crippen molar-refractivity contribution in [1.82, 2.24) is 0 Å². The minimum atomic E-state index is -0.426. The van der Waals surface area contributed by atoms with Crippen LogP contribution in [-0.4, -0.2) is 25.8 Å². The summed E-state index contributed by atoms with van der Waals surface area (Å²) in [6, 6.07) is 6.78. The number of carbonyl (C=O) groups is 1. The lowest BCUT2D eigenvalue weighted by atomic mass is 10.2. The van der Waals surface area contributed by atoms with Crippen molar-refractivity contribution >= 4 is 17.6 Å². The molecule has 1 atom stereocenters. The van der Waals surface area contributed by atoms with Gasteiger partial charge >= 0.3 is 5.97 Å². The smallest absolute Gasteiger partial charge is 0.339 e. The lowest BCUT2D eigenvalue weighted by Gasteiger charge is -2.12. The van der Waals surface area contributed by atoms with Crippen LogP contribution in [0.4, 0.5) is 0 Å². The van der Waals surface area contributed by atoms with Gasteiger partial charge in [-0.05, 0) is 19.1 Å². The molecule has 0 spiro atoms. The molecule has 0 aliphatic carbocycles. The molecule has 0 amide bonds. The lowest BCUT2D eigenvalue weighted by Crippen LogP contribution is -2.19. The zero-order chi connectivity index (χ0) is 11.3. The van der Waals surface area contributed by atoms with Gasteiger partial charge in [0.1, 0.15) is 6.10 Å². The lowest BCUT2D eigenvalue weighted by molar-refractivity contribution is 0.0120. The molecule has 0 aliphatic rings. The van der Waals surface area contributed by atoms with Crippen molar-refractivity contribution in [2.45, 2.75) is 13.0 Å². The molecule has 82 valence electrons. The highest BCUT2D eigenvalue weighted by Gasteiger charge is 2.14. The van der Waals surface area contributed by atoms with Gasteiger partial charge in [-0.3, -0.25) is 0 Å². The van der Waals surface area contributed by atoms with Crippen molar-refractivity contribution in [2.75, 3.05) is 13.7 Å². The number of hydrogen-bond donors (Lipinski definition) is 0. The zero-order valence-corrected chi connectivity index (χ0v) is 9.45. The first-order chi connectivity index (χ1) is 7.15. The van der Waals surface area contributed by atoms with Crippen LogP contribution < -0.4 is 0 Å². The fourth-order valence-electron chi connectivity index (χ4n) is 1.14. The number of carbonyl (C=O) groups excluding carboxylic acids is 1. The maximum Gasteiger partial charge on any atom is 0.339 e. The molecule has 0 bridgehead atoms.